The van der Waals surface area contributed by atoms with Gasteiger partial charge in [0.25, 0.3) is 0 Å². The van der Waals surface area contributed by atoms with Crippen LogP contribution in [0.5, 0.6) is 0 Å². The minimum Gasteiger partial charge on any atom is -0.376 e. The Labute approximate surface area is 144 Å². The summed E-state index contributed by atoms with van der Waals surface area (Å²) in [5, 5.41) is 11.0. The van der Waals surface area contributed by atoms with Crippen LogP contribution in [0.15, 0.2) is 59.5 Å². The number of aliphatic hydroxyl groups is 1. The SMILES string of the molecule is C=C(C)C(O)(C(=C)C)[C@](F)(NS(=O)(=O)c1ccccc1)[C@@H](C)CC. The summed E-state index contributed by atoms with van der Waals surface area (Å²) < 4.78 is 43.4. The van der Waals surface area contributed by atoms with Gasteiger partial charge in [0, 0.05) is 5.92 Å². The number of halogens is 1. The van der Waals surface area contributed by atoms with Crippen LogP contribution in [0.3, 0.4) is 0 Å². The summed E-state index contributed by atoms with van der Waals surface area (Å²) in [6.45, 7) is 13.4. The summed E-state index contributed by atoms with van der Waals surface area (Å²) in [7, 11) is -4.19. The maximum absolute atomic E-state index is 16.1. The molecular formula is C18H26FNO3S. The molecule has 0 radical (unpaired) electrons. The van der Waals surface area contributed by atoms with Crippen molar-refractivity contribution in [3.63, 3.8) is 0 Å². The molecule has 0 bridgehead atoms. The van der Waals surface area contributed by atoms with E-state index in [1.165, 1.54) is 32.9 Å². The molecule has 1 aromatic carbocycles. The van der Waals surface area contributed by atoms with Crippen molar-refractivity contribution in [1.29, 1.82) is 0 Å². The summed E-state index contributed by atoms with van der Waals surface area (Å²) in [5.41, 5.74) is -2.08. The van der Waals surface area contributed by atoms with Gasteiger partial charge < -0.3 is 5.11 Å². The van der Waals surface area contributed by atoms with Crippen LogP contribution in [0.4, 0.5) is 4.39 Å². The van der Waals surface area contributed by atoms with Crippen molar-refractivity contribution in [3.05, 3.63) is 54.6 Å². The first-order chi connectivity index (χ1) is 10.9. The number of benzene rings is 1. The second-order valence-corrected chi connectivity index (χ2v) is 7.89. The van der Waals surface area contributed by atoms with Crippen LogP contribution in [0.2, 0.25) is 0 Å². The number of sulfonamides is 1. The molecule has 1 aromatic rings. The minimum atomic E-state index is -4.19. The van der Waals surface area contributed by atoms with Crippen molar-refractivity contribution in [2.24, 2.45) is 5.92 Å². The van der Waals surface area contributed by atoms with Crippen LogP contribution < -0.4 is 4.72 Å². The lowest BCUT2D eigenvalue weighted by atomic mass is 9.74. The fourth-order valence-electron chi connectivity index (χ4n) is 2.65. The Morgan fingerprint density at radius 2 is 1.71 bits per heavy atom. The van der Waals surface area contributed by atoms with Gasteiger partial charge in [-0.3, -0.25) is 0 Å². The average Bonchev–Trinajstić information content (AvgIpc) is 2.52. The van der Waals surface area contributed by atoms with Crippen LogP contribution in [0.1, 0.15) is 34.1 Å². The van der Waals surface area contributed by atoms with Gasteiger partial charge in [-0.15, -0.1) is 0 Å². The second-order valence-electron chi connectivity index (χ2n) is 6.21. The quantitative estimate of drug-likeness (QED) is 0.553. The highest BCUT2D eigenvalue weighted by Crippen LogP contribution is 2.43. The summed E-state index contributed by atoms with van der Waals surface area (Å²) in [6.07, 6.45) is 0.302. The molecule has 0 saturated carbocycles. The zero-order valence-electron chi connectivity index (χ0n) is 14.6. The van der Waals surface area contributed by atoms with Gasteiger partial charge in [-0.1, -0.05) is 45.2 Å². The highest BCUT2D eigenvalue weighted by atomic mass is 32.2. The third-order valence-corrected chi connectivity index (χ3v) is 5.85. The van der Waals surface area contributed by atoms with E-state index in [4.69, 9.17) is 0 Å². The largest absolute Gasteiger partial charge is 0.376 e. The van der Waals surface area contributed by atoms with E-state index in [0.29, 0.717) is 6.42 Å². The molecule has 6 heteroatoms. The predicted octanol–water partition coefficient (Wildman–Crippen LogP) is 3.56. The molecule has 0 spiro atoms. The summed E-state index contributed by atoms with van der Waals surface area (Å²) in [6, 6.07) is 7.47. The highest BCUT2D eigenvalue weighted by Gasteiger charge is 2.57. The topological polar surface area (TPSA) is 66.4 Å². The summed E-state index contributed by atoms with van der Waals surface area (Å²) >= 11 is 0. The van der Waals surface area contributed by atoms with Gasteiger partial charge in [0.15, 0.2) is 5.60 Å². The molecule has 0 aromatic heterocycles. The van der Waals surface area contributed by atoms with Gasteiger partial charge in [-0.2, -0.15) is 4.72 Å². The van der Waals surface area contributed by atoms with E-state index < -0.39 is 27.3 Å². The summed E-state index contributed by atoms with van der Waals surface area (Å²) in [5.74, 6) is -3.51. The van der Waals surface area contributed by atoms with Gasteiger partial charge in [-0.25, -0.2) is 12.8 Å². The van der Waals surface area contributed by atoms with E-state index >= 15 is 4.39 Å². The Bertz CT molecular complexity index is 701. The molecule has 0 aliphatic heterocycles. The van der Waals surface area contributed by atoms with Crippen LogP contribution in [-0.2, 0) is 10.0 Å². The number of hydrogen-bond donors (Lipinski definition) is 2. The lowest BCUT2D eigenvalue weighted by Gasteiger charge is -2.45. The minimum absolute atomic E-state index is 0.0774. The molecule has 0 aliphatic carbocycles. The van der Waals surface area contributed by atoms with Crippen molar-refractivity contribution >= 4 is 10.0 Å². The average molecular weight is 355 g/mol. The van der Waals surface area contributed by atoms with Crippen LogP contribution in [0.25, 0.3) is 0 Å². The van der Waals surface area contributed by atoms with Gasteiger partial charge in [-0.05, 0) is 43.5 Å². The maximum Gasteiger partial charge on any atom is 0.243 e. The van der Waals surface area contributed by atoms with E-state index in [2.05, 4.69) is 17.9 Å². The zero-order valence-corrected chi connectivity index (χ0v) is 15.5. The molecule has 0 aliphatic rings. The Hall–Kier alpha value is -1.50. The first-order valence-electron chi connectivity index (χ1n) is 7.75. The van der Waals surface area contributed by atoms with Crippen LogP contribution in [0, 0.1) is 5.92 Å². The monoisotopic (exact) mass is 355 g/mol. The van der Waals surface area contributed by atoms with E-state index in [1.807, 2.05) is 0 Å². The molecule has 2 N–H and O–H groups in total. The van der Waals surface area contributed by atoms with Crippen molar-refractivity contribution in [2.75, 3.05) is 0 Å². The lowest BCUT2D eigenvalue weighted by molar-refractivity contribution is -0.0919. The molecule has 1 rings (SSSR count). The summed E-state index contributed by atoms with van der Waals surface area (Å²) in [4.78, 5) is -0.0823. The predicted molar refractivity (Wildman–Crippen MR) is 94.6 cm³/mol. The molecule has 0 heterocycles. The Morgan fingerprint density at radius 3 is 2.08 bits per heavy atom. The normalized spacial score (nSPS) is 16.2. The first-order valence-corrected chi connectivity index (χ1v) is 9.24. The Balaban J connectivity index is 3.53. The van der Waals surface area contributed by atoms with Crippen LogP contribution >= 0.6 is 0 Å². The molecule has 0 amide bonds. The molecule has 134 valence electrons. The molecule has 4 nitrogen and oxygen atoms in total. The first kappa shape index (κ1) is 20.5. The number of alkyl halides is 1. The Morgan fingerprint density at radius 1 is 1.25 bits per heavy atom. The number of rotatable bonds is 8. The molecule has 0 saturated heterocycles. The Kier molecular flexibility index (Phi) is 6.14. The second kappa shape index (κ2) is 7.17. The van der Waals surface area contributed by atoms with Gasteiger partial charge in [0.1, 0.15) is 0 Å². The fourth-order valence-corrected chi connectivity index (χ4v) is 4.03. The number of nitrogens with one attached hydrogen (secondary N) is 1. The lowest BCUT2D eigenvalue weighted by Crippen LogP contribution is -2.65. The van der Waals surface area contributed by atoms with E-state index in [-0.39, 0.29) is 16.0 Å². The van der Waals surface area contributed by atoms with Crippen molar-refractivity contribution < 1.29 is 17.9 Å². The van der Waals surface area contributed by atoms with E-state index in [9.17, 15) is 13.5 Å². The molecule has 0 fully saturated rings. The third kappa shape index (κ3) is 3.45. The van der Waals surface area contributed by atoms with Crippen molar-refractivity contribution in [1.82, 2.24) is 4.72 Å². The maximum atomic E-state index is 16.1. The molecule has 0 unspecified atom stereocenters. The van der Waals surface area contributed by atoms with E-state index in [1.54, 1.807) is 25.1 Å². The molecule has 2 atom stereocenters. The molecular weight excluding hydrogens is 329 g/mol. The number of hydrogen-bond acceptors (Lipinski definition) is 3. The van der Waals surface area contributed by atoms with Crippen molar-refractivity contribution in [3.8, 4) is 0 Å². The van der Waals surface area contributed by atoms with Crippen molar-refractivity contribution in [2.45, 2.75) is 50.4 Å². The van der Waals surface area contributed by atoms with Gasteiger partial charge in [0.2, 0.25) is 15.8 Å². The van der Waals surface area contributed by atoms with Crippen LogP contribution in [-0.4, -0.2) is 24.9 Å². The van der Waals surface area contributed by atoms with Gasteiger partial charge >= 0.3 is 0 Å². The van der Waals surface area contributed by atoms with Gasteiger partial charge in [0.05, 0.1) is 4.90 Å². The third-order valence-electron chi connectivity index (χ3n) is 4.39. The standard InChI is InChI=1S/C18H26FNO3S/c1-7-15(6)18(19,17(21,13(2)3)14(4)5)20-24(22,23)16-11-9-8-10-12-16/h8-12,15,20-21H,2,4,7H2,1,3,5-6H3/t15-,18+/m0/s1. The molecule has 24 heavy (non-hydrogen) atoms. The smallest absolute Gasteiger partial charge is 0.243 e. The highest BCUT2D eigenvalue weighted by molar-refractivity contribution is 7.89. The zero-order chi connectivity index (χ0) is 18.8. The van der Waals surface area contributed by atoms with E-state index in [0.717, 1.165) is 0 Å². The fraction of sp³-hybridized carbons (Fsp3) is 0.444.